The first-order valence-electron chi connectivity index (χ1n) is 8.75. The first-order chi connectivity index (χ1) is 9.92. The van der Waals surface area contributed by atoms with Crippen molar-refractivity contribution in [3.63, 3.8) is 0 Å². The fourth-order valence-corrected chi connectivity index (χ4v) is 3.72. The van der Waals surface area contributed by atoms with Crippen LogP contribution < -0.4 is 5.32 Å². The maximum Gasteiger partial charge on any atom is 0.0294 e. The molecule has 1 fully saturated rings. The predicted octanol–water partition coefficient (Wildman–Crippen LogP) is 5.64. The summed E-state index contributed by atoms with van der Waals surface area (Å²) in [7, 11) is 0. The van der Waals surface area contributed by atoms with E-state index >= 15 is 0 Å². The summed E-state index contributed by atoms with van der Waals surface area (Å²) in [5.74, 6) is 0.912. The number of nitrogens with one attached hydrogen (secondary N) is 1. The van der Waals surface area contributed by atoms with Gasteiger partial charge < -0.3 is 5.32 Å². The van der Waals surface area contributed by atoms with Gasteiger partial charge in [0.2, 0.25) is 0 Å². The number of hydrogen-bond acceptors (Lipinski definition) is 1. The van der Waals surface area contributed by atoms with Gasteiger partial charge in [0.15, 0.2) is 0 Å². The van der Waals surface area contributed by atoms with Gasteiger partial charge in [0.05, 0.1) is 0 Å². The lowest BCUT2D eigenvalue weighted by atomic mass is 9.69. The number of hydrogen-bond donors (Lipinski definition) is 1. The van der Waals surface area contributed by atoms with E-state index in [4.69, 9.17) is 0 Å². The minimum Gasteiger partial charge on any atom is -0.307 e. The van der Waals surface area contributed by atoms with Gasteiger partial charge in [0.25, 0.3) is 0 Å². The van der Waals surface area contributed by atoms with Crippen LogP contribution >= 0.6 is 0 Å². The van der Waals surface area contributed by atoms with Crippen LogP contribution in [-0.4, -0.2) is 6.04 Å². The average Bonchev–Trinajstić information content (AvgIpc) is 2.48. The molecule has 0 spiro atoms. The Labute approximate surface area is 131 Å². The molecular formula is C20H33N. The van der Waals surface area contributed by atoms with Crippen molar-refractivity contribution in [1.82, 2.24) is 5.32 Å². The average molecular weight is 287 g/mol. The minimum absolute atomic E-state index is 0.464. The molecule has 1 aliphatic carbocycles. The molecule has 1 atom stereocenters. The van der Waals surface area contributed by atoms with Crippen molar-refractivity contribution in [2.75, 3.05) is 0 Å². The summed E-state index contributed by atoms with van der Waals surface area (Å²) in [5.41, 5.74) is 3.30. The van der Waals surface area contributed by atoms with E-state index in [1.807, 2.05) is 0 Å². The van der Waals surface area contributed by atoms with E-state index in [1.54, 1.807) is 0 Å². The molecule has 0 aliphatic heterocycles. The van der Waals surface area contributed by atoms with Gasteiger partial charge in [-0.05, 0) is 56.4 Å². The number of aryl methyl sites for hydroxylation is 1. The molecule has 0 amide bonds. The van der Waals surface area contributed by atoms with Gasteiger partial charge in [0.1, 0.15) is 0 Å². The third-order valence-corrected chi connectivity index (χ3v) is 5.77. The van der Waals surface area contributed by atoms with Crippen LogP contribution in [0.3, 0.4) is 0 Å². The molecule has 1 nitrogen and oxygen atoms in total. The summed E-state index contributed by atoms with van der Waals surface area (Å²) in [5, 5.41) is 3.85. The Balaban J connectivity index is 1.86. The molecular weight excluding hydrogens is 254 g/mol. The van der Waals surface area contributed by atoms with E-state index in [9.17, 15) is 0 Å². The summed E-state index contributed by atoms with van der Waals surface area (Å²) in [6.45, 7) is 11.7. The van der Waals surface area contributed by atoms with Crippen LogP contribution in [0.2, 0.25) is 0 Å². The van der Waals surface area contributed by atoms with E-state index in [1.165, 1.54) is 43.2 Å². The fourth-order valence-electron chi connectivity index (χ4n) is 3.72. The van der Waals surface area contributed by atoms with Gasteiger partial charge in [0, 0.05) is 12.1 Å². The molecule has 118 valence electrons. The largest absolute Gasteiger partial charge is 0.307 e. The molecule has 1 heteroatoms. The summed E-state index contributed by atoms with van der Waals surface area (Å²) >= 11 is 0. The van der Waals surface area contributed by atoms with E-state index in [0.717, 1.165) is 5.92 Å². The molecule has 1 N–H and O–H groups in total. The van der Waals surface area contributed by atoms with E-state index < -0.39 is 0 Å². The maximum absolute atomic E-state index is 3.85. The standard InChI is InChI=1S/C20H33N/c1-6-20(4,5)18-10-12-19(13-11-18)21-16(3)17-9-7-8-15(2)14-17/h7-9,14,16,18-19,21H,6,10-13H2,1-5H3. The monoisotopic (exact) mass is 287 g/mol. The third-order valence-electron chi connectivity index (χ3n) is 5.77. The van der Waals surface area contributed by atoms with Crippen LogP contribution in [0.4, 0.5) is 0 Å². The van der Waals surface area contributed by atoms with Crippen molar-refractivity contribution in [3.8, 4) is 0 Å². The highest BCUT2D eigenvalue weighted by Crippen LogP contribution is 2.40. The lowest BCUT2D eigenvalue weighted by Crippen LogP contribution is -2.38. The van der Waals surface area contributed by atoms with Crippen molar-refractivity contribution < 1.29 is 0 Å². The molecule has 0 radical (unpaired) electrons. The smallest absolute Gasteiger partial charge is 0.0294 e. The second-order valence-corrected chi connectivity index (χ2v) is 7.69. The van der Waals surface area contributed by atoms with Crippen molar-refractivity contribution in [3.05, 3.63) is 35.4 Å². The second-order valence-electron chi connectivity index (χ2n) is 7.69. The predicted molar refractivity (Wildman–Crippen MR) is 92.5 cm³/mol. The normalized spacial score (nSPS) is 24.8. The summed E-state index contributed by atoms with van der Waals surface area (Å²) in [6, 6.07) is 10.1. The highest BCUT2D eigenvalue weighted by molar-refractivity contribution is 5.24. The Morgan fingerprint density at radius 3 is 2.43 bits per heavy atom. The van der Waals surface area contributed by atoms with Crippen molar-refractivity contribution in [1.29, 1.82) is 0 Å². The zero-order chi connectivity index (χ0) is 15.5. The third kappa shape index (κ3) is 4.32. The van der Waals surface area contributed by atoms with E-state index in [0.29, 0.717) is 17.5 Å². The first-order valence-corrected chi connectivity index (χ1v) is 8.75. The lowest BCUT2D eigenvalue weighted by Gasteiger charge is -2.39. The van der Waals surface area contributed by atoms with Crippen LogP contribution in [0.1, 0.15) is 77.0 Å². The fraction of sp³-hybridized carbons (Fsp3) is 0.700. The zero-order valence-electron chi connectivity index (χ0n) is 14.6. The summed E-state index contributed by atoms with van der Waals surface area (Å²) in [4.78, 5) is 0. The van der Waals surface area contributed by atoms with Gasteiger partial charge in [-0.3, -0.25) is 0 Å². The maximum atomic E-state index is 3.85. The molecule has 0 aromatic heterocycles. The van der Waals surface area contributed by atoms with Crippen molar-refractivity contribution in [2.45, 2.75) is 78.8 Å². The van der Waals surface area contributed by atoms with E-state index in [2.05, 4.69) is 64.2 Å². The van der Waals surface area contributed by atoms with Crippen LogP contribution in [0.5, 0.6) is 0 Å². The number of rotatable bonds is 5. The molecule has 2 rings (SSSR count). The Morgan fingerprint density at radius 1 is 1.19 bits per heavy atom. The Kier molecular flexibility index (Phi) is 5.48. The molecule has 0 bridgehead atoms. The number of benzene rings is 1. The van der Waals surface area contributed by atoms with Gasteiger partial charge in [-0.25, -0.2) is 0 Å². The Morgan fingerprint density at radius 2 is 1.86 bits per heavy atom. The molecule has 21 heavy (non-hydrogen) atoms. The molecule has 1 saturated carbocycles. The summed E-state index contributed by atoms with van der Waals surface area (Å²) < 4.78 is 0. The van der Waals surface area contributed by atoms with Crippen molar-refractivity contribution in [2.24, 2.45) is 11.3 Å². The van der Waals surface area contributed by atoms with Crippen LogP contribution in [0, 0.1) is 18.3 Å². The quantitative estimate of drug-likeness (QED) is 0.739. The molecule has 1 aromatic carbocycles. The summed E-state index contributed by atoms with van der Waals surface area (Å²) in [6.07, 6.45) is 6.75. The van der Waals surface area contributed by atoms with Crippen molar-refractivity contribution >= 4 is 0 Å². The Hall–Kier alpha value is -0.820. The minimum atomic E-state index is 0.464. The lowest BCUT2D eigenvalue weighted by molar-refractivity contribution is 0.134. The second kappa shape index (κ2) is 6.96. The molecule has 1 aromatic rings. The van der Waals surface area contributed by atoms with Crippen LogP contribution in [0.15, 0.2) is 24.3 Å². The highest BCUT2D eigenvalue weighted by Gasteiger charge is 2.32. The topological polar surface area (TPSA) is 12.0 Å². The first kappa shape index (κ1) is 16.5. The van der Waals surface area contributed by atoms with E-state index in [-0.39, 0.29) is 0 Å². The molecule has 1 aliphatic rings. The van der Waals surface area contributed by atoms with Crippen LogP contribution in [0.25, 0.3) is 0 Å². The van der Waals surface area contributed by atoms with Gasteiger partial charge in [-0.2, -0.15) is 0 Å². The van der Waals surface area contributed by atoms with Gasteiger partial charge in [-0.15, -0.1) is 0 Å². The van der Waals surface area contributed by atoms with Gasteiger partial charge >= 0.3 is 0 Å². The molecule has 0 saturated heterocycles. The zero-order valence-corrected chi connectivity index (χ0v) is 14.6. The Bertz CT molecular complexity index is 441. The molecule has 1 unspecified atom stereocenters. The molecule has 0 heterocycles. The van der Waals surface area contributed by atoms with Gasteiger partial charge in [-0.1, -0.05) is 57.0 Å². The highest BCUT2D eigenvalue weighted by atomic mass is 14.9. The van der Waals surface area contributed by atoms with Crippen LogP contribution in [-0.2, 0) is 0 Å². The SMILES string of the molecule is CCC(C)(C)C1CCC(NC(C)c2cccc(C)c2)CC1.